The summed E-state index contributed by atoms with van der Waals surface area (Å²) in [6.07, 6.45) is 58.8. The maximum absolute atomic E-state index is 13.1. The van der Waals surface area contributed by atoms with Crippen molar-refractivity contribution in [3.63, 3.8) is 0 Å². The molecule has 3 N–H and O–H groups in total. The Morgan fingerprint density at radius 2 is 0.430 bits per heavy atom. The maximum atomic E-state index is 13.1. The molecule has 0 aromatic rings. The summed E-state index contributed by atoms with van der Waals surface area (Å²) in [7, 11) is -9.89. The molecule has 0 heterocycles. The van der Waals surface area contributed by atoms with Crippen LogP contribution in [0.25, 0.3) is 0 Å². The Morgan fingerprint density at radius 3 is 0.634 bits per heavy atom. The Morgan fingerprint density at radius 1 is 0.258 bits per heavy atom. The SMILES string of the molecule is CCCCCCCCCCCCCCCCCCCCCCCC(=O)O[C@H](COC(=O)CCCCCCCCCCCCCCCCCCC)COP(=O)(O)OC[C@@H](O)COP(=O)(O)OC[C@@H](COC(=O)CCCCCCC)OC(=O)CCCCCCCCCCCC. The van der Waals surface area contributed by atoms with Crippen LogP contribution in [0.4, 0.5) is 0 Å². The van der Waals surface area contributed by atoms with Crippen LogP contribution in [0.5, 0.6) is 0 Å². The standard InChI is InChI=1S/C74H144O17P2/c1-5-9-13-17-20-23-26-28-30-32-33-34-35-37-39-41-43-46-49-53-57-61-74(79)91-70(65-85-72(77)59-55-51-47-45-42-40-38-36-31-29-27-24-21-18-14-10-6-2)67-89-93(82,83)87-63-68(75)62-86-92(80,81)88-66-69(64-84-71(76)58-54-50-16-12-8-4)90-73(78)60-56-52-48-44-25-22-19-15-11-7-3/h68-70,75H,5-67H2,1-4H3,(H,80,81)(H,82,83)/t68-,69+,70+/m0/s1. The zero-order chi connectivity index (χ0) is 68.2. The van der Waals surface area contributed by atoms with Gasteiger partial charge in [-0.05, 0) is 25.7 Å². The highest BCUT2D eigenvalue weighted by molar-refractivity contribution is 7.47. The van der Waals surface area contributed by atoms with Gasteiger partial charge in [0, 0.05) is 25.7 Å². The predicted molar refractivity (Wildman–Crippen MR) is 377 cm³/mol. The predicted octanol–water partition coefficient (Wildman–Crippen LogP) is 21.8. The molecule has 0 aliphatic rings. The lowest BCUT2D eigenvalue weighted by Crippen LogP contribution is -2.30. The highest BCUT2D eigenvalue weighted by Gasteiger charge is 2.30. The van der Waals surface area contributed by atoms with Gasteiger partial charge in [0.25, 0.3) is 0 Å². The number of esters is 4. The summed E-state index contributed by atoms with van der Waals surface area (Å²) in [5.74, 6) is -2.13. The van der Waals surface area contributed by atoms with E-state index in [1.54, 1.807) is 0 Å². The van der Waals surface area contributed by atoms with Crippen LogP contribution in [0.2, 0.25) is 0 Å². The van der Waals surface area contributed by atoms with Gasteiger partial charge in [-0.3, -0.25) is 37.3 Å². The van der Waals surface area contributed by atoms with Crippen LogP contribution in [0.1, 0.15) is 394 Å². The van der Waals surface area contributed by atoms with Crippen molar-refractivity contribution < 1.29 is 80.2 Å². The summed E-state index contributed by atoms with van der Waals surface area (Å²) in [5.41, 5.74) is 0. The van der Waals surface area contributed by atoms with Gasteiger partial charge in [0.15, 0.2) is 12.2 Å². The highest BCUT2D eigenvalue weighted by Crippen LogP contribution is 2.45. The van der Waals surface area contributed by atoms with Crippen molar-refractivity contribution in [1.29, 1.82) is 0 Å². The van der Waals surface area contributed by atoms with Crippen LogP contribution in [-0.4, -0.2) is 96.7 Å². The third-order valence-corrected chi connectivity index (χ3v) is 19.3. The summed E-state index contributed by atoms with van der Waals surface area (Å²) in [6, 6.07) is 0. The first-order valence-corrected chi connectivity index (χ1v) is 41.8. The zero-order valence-electron chi connectivity index (χ0n) is 60.2. The molecule has 0 amide bonds. The van der Waals surface area contributed by atoms with Crippen LogP contribution in [0.15, 0.2) is 0 Å². The van der Waals surface area contributed by atoms with Gasteiger partial charge in [0.2, 0.25) is 0 Å². The number of phosphoric ester groups is 2. The monoisotopic (exact) mass is 1370 g/mol. The first-order chi connectivity index (χ1) is 45.2. The minimum atomic E-state index is -4.95. The van der Waals surface area contributed by atoms with Crippen LogP contribution >= 0.6 is 15.6 Å². The number of carbonyl (C=O) groups excluding carboxylic acids is 4. The number of ether oxygens (including phenoxy) is 4. The van der Waals surface area contributed by atoms with E-state index in [0.717, 1.165) is 96.3 Å². The number of hydrogen-bond acceptors (Lipinski definition) is 15. The second-order valence-corrected chi connectivity index (χ2v) is 29.6. The molecule has 0 aromatic heterocycles. The van der Waals surface area contributed by atoms with E-state index in [1.165, 1.54) is 218 Å². The third-order valence-electron chi connectivity index (χ3n) is 17.4. The number of hydrogen-bond donors (Lipinski definition) is 3. The Bertz CT molecular complexity index is 1770. The topological polar surface area (TPSA) is 237 Å². The van der Waals surface area contributed by atoms with Crippen molar-refractivity contribution in [3.8, 4) is 0 Å². The highest BCUT2D eigenvalue weighted by atomic mass is 31.2. The Kier molecular flexibility index (Phi) is 67.1. The summed E-state index contributed by atoms with van der Waals surface area (Å²) in [5, 5.41) is 10.6. The Balaban J connectivity index is 5.10. The lowest BCUT2D eigenvalue weighted by atomic mass is 10.0. The average molecular weight is 1370 g/mol. The van der Waals surface area contributed by atoms with Crippen LogP contribution < -0.4 is 0 Å². The molecular weight excluding hydrogens is 1220 g/mol. The van der Waals surface area contributed by atoms with Crippen molar-refractivity contribution in [3.05, 3.63) is 0 Å². The molecule has 0 aliphatic heterocycles. The van der Waals surface area contributed by atoms with Crippen molar-refractivity contribution >= 4 is 39.5 Å². The molecule has 2 unspecified atom stereocenters. The molecule has 19 heteroatoms. The van der Waals surface area contributed by atoms with E-state index in [0.29, 0.717) is 25.7 Å². The van der Waals surface area contributed by atoms with Gasteiger partial charge >= 0.3 is 39.5 Å². The molecule has 0 rings (SSSR count). The lowest BCUT2D eigenvalue weighted by Gasteiger charge is -2.21. The normalized spacial score (nSPS) is 13.9. The van der Waals surface area contributed by atoms with Crippen molar-refractivity contribution in [1.82, 2.24) is 0 Å². The largest absolute Gasteiger partial charge is 0.472 e. The molecule has 5 atom stereocenters. The minimum absolute atomic E-state index is 0.106. The van der Waals surface area contributed by atoms with E-state index in [9.17, 15) is 43.2 Å². The molecule has 17 nitrogen and oxygen atoms in total. The molecule has 0 saturated heterocycles. The molecule has 0 saturated carbocycles. The number of aliphatic hydroxyl groups excluding tert-OH is 1. The van der Waals surface area contributed by atoms with Crippen LogP contribution in [0, 0.1) is 0 Å². The van der Waals surface area contributed by atoms with Gasteiger partial charge in [0.05, 0.1) is 26.4 Å². The molecule has 0 aromatic carbocycles. The van der Waals surface area contributed by atoms with Crippen LogP contribution in [0.3, 0.4) is 0 Å². The minimum Gasteiger partial charge on any atom is -0.462 e. The average Bonchev–Trinajstić information content (AvgIpc) is 1.55. The molecular formula is C74H144O17P2. The van der Waals surface area contributed by atoms with Gasteiger partial charge in [-0.2, -0.15) is 0 Å². The second-order valence-electron chi connectivity index (χ2n) is 26.7. The summed E-state index contributed by atoms with van der Waals surface area (Å²) >= 11 is 0. The molecule has 0 aliphatic carbocycles. The van der Waals surface area contributed by atoms with Crippen molar-refractivity contribution in [2.24, 2.45) is 0 Å². The third kappa shape index (κ3) is 68.4. The van der Waals surface area contributed by atoms with E-state index < -0.39 is 97.5 Å². The van der Waals surface area contributed by atoms with E-state index in [-0.39, 0.29) is 25.7 Å². The number of aliphatic hydroxyl groups is 1. The number of phosphoric acid groups is 2. The van der Waals surface area contributed by atoms with Crippen LogP contribution in [-0.2, 0) is 65.4 Å². The van der Waals surface area contributed by atoms with Crippen molar-refractivity contribution in [2.75, 3.05) is 39.6 Å². The number of carbonyl (C=O) groups is 4. The first kappa shape index (κ1) is 91.1. The first-order valence-electron chi connectivity index (χ1n) is 38.8. The van der Waals surface area contributed by atoms with Gasteiger partial charge < -0.3 is 33.8 Å². The smallest absolute Gasteiger partial charge is 0.462 e. The second kappa shape index (κ2) is 68.6. The van der Waals surface area contributed by atoms with E-state index in [1.807, 2.05) is 0 Å². The maximum Gasteiger partial charge on any atom is 0.472 e. The molecule has 93 heavy (non-hydrogen) atoms. The summed E-state index contributed by atoms with van der Waals surface area (Å²) in [4.78, 5) is 72.4. The van der Waals surface area contributed by atoms with Gasteiger partial charge in [0.1, 0.15) is 19.3 Å². The molecule has 552 valence electrons. The van der Waals surface area contributed by atoms with E-state index in [2.05, 4.69) is 27.7 Å². The fourth-order valence-corrected chi connectivity index (χ4v) is 13.0. The van der Waals surface area contributed by atoms with Crippen molar-refractivity contribution in [2.45, 2.75) is 412 Å². The quantitative estimate of drug-likeness (QED) is 0.0222. The fourth-order valence-electron chi connectivity index (χ4n) is 11.4. The van der Waals surface area contributed by atoms with E-state index in [4.69, 9.17) is 37.0 Å². The van der Waals surface area contributed by atoms with Gasteiger partial charge in [-0.1, -0.05) is 342 Å². The zero-order valence-corrected chi connectivity index (χ0v) is 62.0. The summed E-state index contributed by atoms with van der Waals surface area (Å²) in [6.45, 7) is 4.87. The molecule has 0 fully saturated rings. The lowest BCUT2D eigenvalue weighted by molar-refractivity contribution is -0.161. The number of unbranched alkanes of at least 4 members (excludes halogenated alkanes) is 49. The molecule has 0 radical (unpaired) electrons. The van der Waals surface area contributed by atoms with Gasteiger partial charge in [-0.15, -0.1) is 0 Å². The molecule has 0 spiro atoms. The Labute approximate surface area is 568 Å². The van der Waals surface area contributed by atoms with E-state index >= 15 is 0 Å². The Hall–Kier alpha value is -1.94. The molecule has 0 bridgehead atoms. The summed E-state index contributed by atoms with van der Waals surface area (Å²) < 4.78 is 68.2. The van der Waals surface area contributed by atoms with Gasteiger partial charge in [-0.25, -0.2) is 9.13 Å². The number of rotatable bonds is 75. The fraction of sp³-hybridized carbons (Fsp3) is 0.946.